The van der Waals surface area contributed by atoms with Crippen LogP contribution < -0.4 is 25.3 Å². The molecular weight excluding hydrogens is 398 g/mol. The minimum Gasteiger partial charge on any atom is -0.493 e. The van der Waals surface area contributed by atoms with Gasteiger partial charge in [-0.05, 0) is 35.9 Å². The van der Waals surface area contributed by atoms with Crippen LogP contribution in [0.2, 0.25) is 5.02 Å². The molecule has 7 nitrogen and oxygen atoms in total. The number of carbonyl (C=O) groups is 2. The Kier molecular flexibility index (Phi) is 7.39. The minimum atomic E-state index is -2.98. The van der Waals surface area contributed by atoms with E-state index >= 15 is 0 Å². The minimum absolute atomic E-state index is 0.0552. The predicted octanol–water partition coefficient (Wildman–Crippen LogP) is 2.74. The third kappa shape index (κ3) is 5.98. The highest BCUT2D eigenvalue weighted by Gasteiger charge is 2.13. The molecule has 28 heavy (non-hydrogen) atoms. The average Bonchev–Trinajstić information content (AvgIpc) is 2.65. The molecule has 0 atom stereocenters. The van der Waals surface area contributed by atoms with Crippen molar-refractivity contribution in [3.63, 3.8) is 0 Å². The van der Waals surface area contributed by atoms with Crippen molar-refractivity contribution in [3.05, 3.63) is 52.5 Å². The fraction of sp³-hybridized carbons (Fsp3) is 0.222. The highest BCUT2D eigenvalue weighted by molar-refractivity contribution is 6.31. The van der Waals surface area contributed by atoms with Crippen LogP contribution in [0, 0.1) is 0 Å². The number of methoxy groups -OCH3 is 1. The van der Waals surface area contributed by atoms with Gasteiger partial charge >= 0.3 is 6.61 Å². The number of benzene rings is 2. The van der Waals surface area contributed by atoms with Crippen LogP contribution in [-0.4, -0.2) is 32.1 Å². The van der Waals surface area contributed by atoms with E-state index in [2.05, 4.69) is 10.1 Å². The van der Waals surface area contributed by atoms with E-state index in [1.165, 1.54) is 43.5 Å². The maximum atomic E-state index is 12.3. The zero-order chi connectivity index (χ0) is 20.7. The molecular formula is C18H17ClF2N2O5. The molecule has 2 aromatic rings. The van der Waals surface area contributed by atoms with E-state index in [0.29, 0.717) is 10.6 Å². The lowest BCUT2D eigenvalue weighted by molar-refractivity contribution is -0.123. The van der Waals surface area contributed by atoms with E-state index < -0.39 is 18.4 Å². The zero-order valence-electron chi connectivity index (χ0n) is 14.7. The van der Waals surface area contributed by atoms with Crippen LogP contribution in [-0.2, 0) is 11.3 Å². The first-order valence-corrected chi connectivity index (χ1v) is 8.28. The van der Waals surface area contributed by atoms with E-state index in [0.717, 1.165) is 0 Å². The van der Waals surface area contributed by atoms with Crippen LogP contribution >= 0.6 is 11.6 Å². The first kappa shape index (κ1) is 21.2. The van der Waals surface area contributed by atoms with Crippen molar-refractivity contribution in [3.8, 4) is 17.2 Å². The Hall–Kier alpha value is -3.07. The molecule has 2 amide bonds. The Balaban J connectivity index is 1.93. The van der Waals surface area contributed by atoms with Crippen molar-refractivity contribution in [1.82, 2.24) is 5.32 Å². The lowest BCUT2D eigenvalue weighted by Gasteiger charge is -2.12. The van der Waals surface area contributed by atoms with Gasteiger partial charge in [0.1, 0.15) is 5.75 Å². The Morgan fingerprint density at radius 1 is 1.14 bits per heavy atom. The molecule has 3 N–H and O–H groups in total. The Labute approximate surface area is 164 Å². The topological polar surface area (TPSA) is 99.9 Å². The zero-order valence-corrected chi connectivity index (χ0v) is 15.5. The Morgan fingerprint density at radius 3 is 2.50 bits per heavy atom. The number of alkyl halides is 2. The number of hydrogen-bond donors (Lipinski definition) is 2. The van der Waals surface area contributed by atoms with Gasteiger partial charge < -0.3 is 25.3 Å². The molecule has 10 heteroatoms. The van der Waals surface area contributed by atoms with Crippen molar-refractivity contribution in [2.24, 2.45) is 5.73 Å². The highest BCUT2D eigenvalue weighted by atomic mass is 35.5. The number of nitrogens with two attached hydrogens (primary N) is 1. The second-order valence-electron chi connectivity index (χ2n) is 5.43. The summed E-state index contributed by atoms with van der Waals surface area (Å²) in [6.07, 6.45) is 0. The normalized spacial score (nSPS) is 10.5. The fourth-order valence-electron chi connectivity index (χ4n) is 2.23. The lowest BCUT2D eigenvalue weighted by Crippen LogP contribution is -2.28. The van der Waals surface area contributed by atoms with Gasteiger partial charge in [0.2, 0.25) is 0 Å². The predicted molar refractivity (Wildman–Crippen MR) is 96.9 cm³/mol. The second kappa shape index (κ2) is 9.75. The molecule has 2 rings (SSSR count). The maximum absolute atomic E-state index is 12.3. The molecule has 0 fully saturated rings. The van der Waals surface area contributed by atoms with Gasteiger partial charge in [-0.25, -0.2) is 0 Å². The first-order valence-electron chi connectivity index (χ1n) is 7.90. The van der Waals surface area contributed by atoms with Crippen molar-refractivity contribution >= 4 is 23.4 Å². The second-order valence-corrected chi connectivity index (χ2v) is 5.87. The van der Waals surface area contributed by atoms with Crippen molar-refractivity contribution in [2.45, 2.75) is 13.2 Å². The Bertz CT molecular complexity index is 864. The van der Waals surface area contributed by atoms with Gasteiger partial charge in [0, 0.05) is 11.6 Å². The Morgan fingerprint density at radius 2 is 1.86 bits per heavy atom. The molecule has 0 aromatic heterocycles. The molecule has 0 saturated heterocycles. The monoisotopic (exact) mass is 414 g/mol. The van der Waals surface area contributed by atoms with Crippen molar-refractivity contribution < 1.29 is 32.6 Å². The first-order chi connectivity index (χ1) is 13.3. The number of halogens is 3. The largest absolute Gasteiger partial charge is 0.493 e. The van der Waals surface area contributed by atoms with Crippen molar-refractivity contribution in [2.75, 3.05) is 13.7 Å². The van der Waals surface area contributed by atoms with Gasteiger partial charge in [0.05, 0.1) is 12.7 Å². The van der Waals surface area contributed by atoms with E-state index in [1.54, 1.807) is 0 Å². The molecule has 150 valence electrons. The number of nitrogens with one attached hydrogen (secondary N) is 1. The van der Waals surface area contributed by atoms with Crippen LogP contribution in [0.4, 0.5) is 8.78 Å². The third-order valence-corrected chi connectivity index (χ3v) is 3.73. The van der Waals surface area contributed by atoms with Gasteiger partial charge in [-0.1, -0.05) is 17.7 Å². The van der Waals surface area contributed by atoms with Crippen LogP contribution in [0.25, 0.3) is 0 Å². The molecule has 2 aromatic carbocycles. The van der Waals surface area contributed by atoms with Crippen molar-refractivity contribution in [1.29, 1.82) is 0 Å². The fourth-order valence-corrected chi connectivity index (χ4v) is 2.40. The summed E-state index contributed by atoms with van der Waals surface area (Å²) in [5.74, 6) is -1.09. The number of primary amides is 1. The van der Waals surface area contributed by atoms with Crippen LogP contribution in [0.15, 0.2) is 36.4 Å². The van der Waals surface area contributed by atoms with E-state index in [1.807, 2.05) is 0 Å². The highest BCUT2D eigenvalue weighted by Crippen LogP contribution is 2.29. The molecule has 0 unspecified atom stereocenters. The molecule has 0 aliphatic rings. The van der Waals surface area contributed by atoms with Crippen LogP contribution in [0.5, 0.6) is 17.2 Å². The number of rotatable bonds is 9. The maximum Gasteiger partial charge on any atom is 0.387 e. The molecule has 0 bridgehead atoms. The summed E-state index contributed by atoms with van der Waals surface area (Å²) in [7, 11) is 1.31. The van der Waals surface area contributed by atoms with Gasteiger partial charge in [-0.2, -0.15) is 8.78 Å². The molecule has 0 saturated carbocycles. The molecule has 0 aliphatic heterocycles. The SMILES string of the molecule is COc1cc(CNC(=O)COc2ccc(Cl)cc2C(N)=O)ccc1OC(F)F. The molecule has 0 spiro atoms. The number of carbonyl (C=O) groups excluding carboxylic acids is 2. The summed E-state index contributed by atoms with van der Waals surface area (Å²) in [4.78, 5) is 23.4. The van der Waals surface area contributed by atoms with Gasteiger partial charge in [0.25, 0.3) is 11.8 Å². The number of hydrogen-bond acceptors (Lipinski definition) is 5. The summed E-state index contributed by atoms with van der Waals surface area (Å²) in [6, 6.07) is 8.55. The van der Waals surface area contributed by atoms with Crippen LogP contribution in [0.1, 0.15) is 15.9 Å². The third-order valence-electron chi connectivity index (χ3n) is 3.50. The summed E-state index contributed by atoms with van der Waals surface area (Å²) in [6.45, 7) is -3.25. The number of ether oxygens (including phenoxy) is 3. The smallest absolute Gasteiger partial charge is 0.387 e. The summed E-state index contributed by atoms with van der Waals surface area (Å²) in [5.41, 5.74) is 5.90. The van der Waals surface area contributed by atoms with E-state index in [9.17, 15) is 18.4 Å². The summed E-state index contributed by atoms with van der Waals surface area (Å²) in [5, 5.41) is 2.89. The summed E-state index contributed by atoms with van der Waals surface area (Å²) >= 11 is 5.80. The molecule has 0 radical (unpaired) electrons. The standard InChI is InChI=1S/C18H17ClF2N2O5/c1-26-15-6-10(2-4-14(15)28-18(20)21)8-23-16(24)9-27-13-5-3-11(19)7-12(13)17(22)25/h2-7,18H,8-9H2,1H3,(H2,22,25)(H,23,24). The molecule has 0 heterocycles. The van der Waals surface area contributed by atoms with E-state index in [4.69, 9.17) is 26.8 Å². The van der Waals surface area contributed by atoms with E-state index in [-0.39, 0.29) is 36.0 Å². The summed E-state index contributed by atoms with van der Waals surface area (Å²) < 4.78 is 39.3. The van der Waals surface area contributed by atoms with Gasteiger partial charge in [0.15, 0.2) is 18.1 Å². The lowest BCUT2D eigenvalue weighted by atomic mass is 10.2. The average molecular weight is 415 g/mol. The number of amides is 2. The van der Waals surface area contributed by atoms with Crippen LogP contribution in [0.3, 0.4) is 0 Å². The molecule has 0 aliphatic carbocycles. The van der Waals surface area contributed by atoms with Gasteiger partial charge in [-0.15, -0.1) is 0 Å². The quantitative estimate of drug-likeness (QED) is 0.657. The van der Waals surface area contributed by atoms with Gasteiger partial charge in [-0.3, -0.25) is 9.59 Å².